The van der Waals surface area contributed by atoms with E-state index in [0.29, 0.717) is 6.04 Å². The highest BCUT2D eigenvalue weighted by molar-refractivity contribution is 5.45. The number of hydrogen-bond donors (Lipinski definition) is 1. The van der Waals surface area contributed by atoms with Crippen LogP contribution in [0.1, 0.15) is 43.4 Å². The number of methoxy groups -OCH3 is 1. The van der Waals surface area contributed by atoms with Crippen molar-refractivity contribution in [3.63, 3.8) is 0 Å². The summed E-state index contributed by atoms with van der Waals surface area (Å²) in [6, 6.07) is 4.87. The molecule has 0 bridgehead atoms. The van der Waals surface area contributed by atoms with E-state index in [1.165, 1.54) is 37.1 Å². The standard InChI is InChI=1S/C17H27NO2/c1-4-6-18(7-5-2)16-9-13-8-15(12-19)17(20-3)11-14(13)10-16/h8,11,16,19H,4-7,9-10,12H2,1-3H3. The van der Waals surface area contributed by atoms with E-state index < -0.39 is 0 Å². The number of fused-ring (bicyclic) bond motifs is 1. The molecule has 1 aliphatic carbocycles. The van der Waals surface area contributed by atoms with Crippen molar-refractivity contribution < 1.29 is 9.84 Å². The molecule has 0 aromatic heterocycles. The van der Waals surface area contributed by atoms with E-state index in [-0.39, 0.29) is 6.61 Å². The first-order chi connectivity index (χ1) is 9.73. The number of benzene rings is 1. The smallest absolute Gasteiger partial charge is 0.124 e. The molecule has 1 N–H and O–H groups in total. The normalized spacial score (nSPS) is 17.6. The largest absolute Gasteiger partial charge is 0.496 e. The zero-order valence-electron chi connectivity index (χ0n) is 13.0. The van der Waals surface area contributed by atoms with Crippen LogP contribution < -0.4 is 4.74 Å². The monoisotopic (exact) mass is 277 g/mol. The molecular weight excluding hydrogens is 250 g/mol. The molecule has 0 saturated carbocycles. The van der Waals surface area contributed by atoms with Gasteiger partial charge in [-0.05, 0) is 62.0 Å². The quantitative estimate of drug-likeness (QED) is 0.832. The number of aliphatic hydroxyl groups is 1. The Bertz CT molecular complexity index is 406. The fraction of sp³-hybridized carbons (Fsp3) is 0.647. The van der Waals surface area contributed by atoms with Crippen molar-refractivity contribution in [2.24, 2.45) is 0 Å². The average Bonchev–Trinajstić information content (AvgIpc) is 2.88. The lowest BCUT2D eigenvalue weighted by Gasteiger charge is -2.27. The van der Waals surface area contributed by atoms with Gasteiger partial charge < -0.3 is 9.84 Å². The fourth-order valence-corrected chi connectivity index (χ4v) is 3.30. The van der Waals surface area contributed by atoms with Crippen LogP contribution in [0.5, 0.6) is 5.75 Å². The topological polar surface area (TPSA) is 32.7 Å². The second-order valence-corrected chi connectivity index (χ2v) is 5.69. The van der Waals surface area contributed by atoms with Crippen LogP contribution in [0.4, 0.5) is 0 Å². The Labute approximate surface area is 122 Å². The van der Waals surface area contributed by atoms with E-state index in [1.807, 2.05) is 0 Å². The molecule has 1 atom stereocenters. The van der Waals surface area contributed by atoms with E-state index in [4.69, 9.17) is 4.74 Å². The molecule has 0 radical (unpaired) electrons. The summed E-state index contributed by atoms with van der Waals surface area (Å²) in [7, 11) is 1.67. The Morgan fingerprint density at radius 1 is 1.15 bits per heavy atom. The van der Waals surface area contributed by atoms with Gasteiger partial charge in [0.25, 0.3) is 0 Å². The summed E-state index contributed by atoms with van der Waals surface area (Å²) in [6.45, 7) is 6.90. The highest BCUT2D eigenvalue weighted by Crippen LogP contribution is 2.32. The minimum Gasteiger partial charge on any atom is -0.496 e. The summed E-state index contributed by atoms with van der Waals surface area (Å²) in [5.41, 5.74) is 3.68. The van der Waals surface area contributed by atoms with Gasteiger partial charge in [-0.1, -0.05) is 13.8 Å². The minimum atomic E-state index is 0.0504. The van der Waals surface area contributed by atoms with Crippen LogP contribution >= 0.6 is 0 Å². The maximum Gasteiger partial charge on any atom is 0.124 e. The third-order valence-corrected chi connectivity index (χ3v) is 4.22. The van der Waals surface area contributed by atoms with Crippen LogP contribution in [0.15, 0.2) is 12.1 Å². The lowest BCUT2D eigenvalue weighted by molar-refractivity contribution is 0.202. The molecule has 1 aliphatic rings. The Kier molecular flexibility index (Phi) is 5.44. The van der Waals surface area contributed by atoms with Gasteiger partial charge in [-0.3, -0.25) is 4.90 Å². The molecule has 0 spiro atoms. The lowest BCUT2D eigenvalue weighted by atomic mass is 10.1. The third-order valence-electron chi connectivity index (χ3n) is 4.22. The van der Waals surface area contributed by atoms with E-state index in [9.17, 15) is 5.11 Å². The maximum atomic E-state index is 9.43. The fourth-order valence-electron chi connectivity index (χ4n) is 3.30. The summed E-state index contributed by atoms with van der Waals surface area (Å²) < 4.78 is 5.38. The SMILES string of the molecule is CCCN(CCC)C1Cc2cc(CO)c(OC)cc2C1. The zero-order chi connectivity index (χ0) is 14.5. The van der Waals surface area contributed by atoms with E-state index in [0.717, 1.165) is 24.2 Å². The summed E-state index contributed by atoms with van der Waals surface area (Å²) in [4.78, 5) is 2.62. The molecule has 0 heterocycles. The number of hydrogen-bond acceptors (Lipinski definition) is 3. The Morgan fingerprint density at radius 3 is 2.25 bits per heavy atom. The summed E-state index contributed by atoms with van der Waals surface area (Å²) in [6.07, 6.45) is 4.62. The van der Waals surface area contributed by atoms with Gasteiger partial charge in [0.15, 0.2) is 0 Å². The van der Waals surface area contributed by atoms with E-state index >= 15 is 0 Å². The van der Waals surface area contributed by atoms with Crippen molar-refractivity contribution in [2.75, 3.05) is 20.2 Å². The first-order valence-electron chi connectivity index (χ1n) is 7.77. The molecule has 1 aromatic rings. The number of rotatable bonds is 7. The molecule has 1 unspecified atom stereocenters. The number of nitrogens with zero attached hydrogens (tertiary/aromatic N) is 1. The Morgan fingerprint density at radius 2 is 1.75 bits per heavy atom. The molecule has 1 aromatic carbocycles. The summed E-state index contributed by atoms with van der Waals surface area (Å²) >= 11 is 0. The molecule has 0 saturated heterocycles. The molecule has 0 aliphatic heterocycles. The Balaban J connectivity index is 2.17. The van der Waals surface area contributed by atoms with Gasteiger partial charge in [0, 0.05) is 11.6 Å². The lowest BCUT2D eigenvalue weighted by Crippen LogP contribution is -2.37. The Hall–Kier alpha value is -1.06. The average molecular weight is 277 g/mol. The highest BCUT2D eigenvalue weighted by Gasteiger charge is 2.27. The zero-order valence-corrected chi connectivity index (χ0v) is 13.0. The van der Waals surface area contributed by atoms with Gasteiger partial charge in [-0.2, -0.15) is 0 Å². The van der Waals surface area contributed by atoms with Crippen LogP contribution in [-0.2, 0) is 19.4 Å². The molecule has 3 heteroatoms. The second-order valence-electron chi connectivity index (χ2n) is 5.69. The van der Waals surface area contributed by atoms with Gasteiger partial charge in [0.2, 0.25) is 0 Å². The summed E-state index contributed by atoms with van der Waals surface area (Å²) in [5.74, 6) is 0.824. The number of aliphatic hydroxyl groups excluding tert-OH is 1. The molecule has 0 amide bonds. The highest BCUT2D eigenvalue weighted by atomic mass is 16.5. The van der Waals surface area contributed by atoms with Gasteiger partial charge in [-0.15, -0.1) is 0 Å². The molecule has 20 heavy (non-hydrogen) atoms. The van der Waals surface area contributed by atoms with Crippen molar-refractivity contribution >= 4 is 0 Å². The minimum absolute atomic E-state index is 0.0504. The van der Waals surface area contributed by atoms with Crippen LogP contribution in [0.3, 0.4) is 0 Å². The van der Waals surface area contributed by atoms with Crippen molar-refractivity contribution in [3.8, 4) is 5.75 Å². The van der Waals surface area contributed by atoms with Crippen LogP contribution in [0.2, 0.25) is 0 Å². The third kappa shape index (κ3) is 3.15. The van der Waals surface area contributed by atoms with E-state index in [2.05, 4.69) is 30.9 Å². The van der Waals surface area contributed by atoms with Crippen LogP contribution in [0, 0.1) is 0 Å². The van der Waals surface area contributed by atoms with Gasteiger partial charge >= 0.3 is 0 Å². The summed E-state index contributed by atoms with van der Waals surface area (Å²) in [5, 5.41) is 9.43. The van der Waals surface area contributed by atoms with Crippen molar-refractivity contribution in [1.82, 2.24) is 4.90 Å². The second kappa shape index (κ2) is 7.09. The molecule has 112 valence electrons. The van der Waals surface area contributed by atoms with Gasteiger partial charge in [0.1, 0.15) is 5.75 Å². The first kappa shape index (κ1) is 15.3. The molecule has 2 rings (SSSR count). The van der Waals surface area contributed by atoms with Crippen molar-refractivity contribution in [3.05, 3.63) is 28.8 Å². The van der Waals surface area contributed by atoms with E-state index in [1.54, 1.807) is 7.11 Å². The first-order valence-corrected chi connectivity index (χ1v) is 7.77. The predicted octanol–water partition coefficient (Wildman–Crippen LogP) is 2.78. The molecule has 0 fully saturated rings. The van der Waals surface area contributed by atoms with Crippen LogP contribution in [-0.4, -0.2) is 36.2 Å². The van der Waals surface area contributed by atoms with Gasteiger partial charge in [0.05, 0.1) is 13.7 Å². The van der Waals surface area contributed by atoms with Crippen molar-refractivity contribution in [1.29, 1.82) is 0 Å². The predicted molar refractivity (Wildman–Crippen MR) is 82.3 cm³/mol. The number of ether oxygens (including phenoxy) is 1. The molecule has 3 nitrogen and oxygen atoms in total. The maximum absolute atomic E-state index is 9.43. The van der Waals surface area contributed by atoms with Gasteiger partial charge in [-0.25, -0.2) is 0 Å². The molecular formula is C17H27NO2. The van der Waals surface area contributed by atoms with Crippen molar-refractivity contribution in [2.45, 2.75) is 52.2 Å². The van der Waals surface area contributed by atoms with Crippen LogP contribution in [0.25, 0.3) is 0 Å².